The molecule has 0 aliphatic carbocycles. The highest BCUT2D eigenvalue weighted by molar-refractivity contribution is 7.69. The van der Waals surface area contributed by atoms with Crippen molar-refractivity contribution in [2.24, 2.45) is 0 Å². The lowest BCUT2D eigenvalue weighted by molar-refractivity contribution is 0.0745. The predicted octanol–water partition coefficient (Wildman–Crippen LogP) is -1.16. The number of morpholine rings is 1. The molecular formula is C4H9NO3S. The number of thiol groups is 1. The molecule has 0 aromatic carbocycles. The lowest BCUT2D eigenvalue weighted by Crippen LogP contribution is -2.34. The molecule has 1 fully saturated rings. The van der Waals surface area contributed by atoms with Gasteiger partial charge in [-0.25, -0.2) is 8.42 Å². The highest BCUT2D eigenvalue weighted by atomic mass is 32.2. The summed E-state index contributed by atoms with van der Waals surface area (Å²) in [6.07, 6.45) is 0. The Hall–Kier alpha value is -0.130. The van der Waals surface area contributed by atoms with E-state index in [9.17, 15) is 8.42 Å². The third-order valence-corrected chi connectivity index (χ3v) is 2.08. The van der Waals surface area contributed by atoms with Crippen LogP contribution in [0.15, 0.2) is 0 Å². The SMILES string of the molecule is O=[SH](=O)N1CCOCC1. The first-order chi connectivity index (χ1) is 4.30. The van der Waals surface area contributed by atoms with Crippen LogP contribution < -0.4 is 0 Å². The van der Waals surface area contributed by atoms with E-state index in [1.807, 2.05) is 0 Å². The molecule has 1 heterocycles. The van der Waals surface area contributed by atoms with Gasteiger partial charge < -0.3 is 4.74 Å². The van der Waals surface area contributed by atoms with Crippen molar-refractivity contribution in [1.29, 1.82) is 0 Å². The zero-order valence-electron chi connectivity index (χ0n) is 4.95. The van der Waals surface area contributed by atoms with Gasteiger partial charge in [-0.1, -0.05) is 0 Å². The normalized spacial score (nSPS) is 22.8. The number of hydrogen-bond donors (Lipinski definition) is 1. The molecule has 1 saturated heterocycles. The maximum absolute atomic E-state index is 10.3. The van der Waals surface area contributed by atoms with Crippen LogP contribution in [0.4, 0.5) is 0 Å². The molecule has 0 unspecified atom stereocenters. The van der Waals surface area contributed by atoms with Gasteiger partial charge in [0.2, 0.25) is 10.9 Å². The fourth-order valence-electron chi connectivity index (χ4n) is 0.717. The quantitative estimate of drug-likeness (QED) is 0.481. The van der Waals surface area contributed by atoms with Gasteiger partial charge in [0.1, 0.15) is 0 Å². The number of nitrogens with zero attached hydrogens (tertiary/aromatic N) is 1. The molecular weight excluding hydrogens is 142 g/mol. The molecule has 0 aromatic rings. The van der Waals surface area contributed by atoms with Crippen molar-refractivity contribution in [2.45, 2.75) is 0 Å². The summed E-state index contributed by atoms with van der Waals surface area (Å²) in [6, 6.07) is 0. The van der Waals surface area contributed by atoms with Gasteiger partial charge in [0.05, 0.1) is 13.2 Å². The van der Waals surface area contributed by atoms with Crippen LogP contribution in [0.1, 0.15) is 0 Å². The highest BCUT2D eigenvalue weighted by Crippen LogP contribution is 1.94. The van der Waals surface area contributed by atoms with E-state index in [1.54, 1.807) is 0 Å². The molecule has 5 heteroatoms. The van der Waals surface area contributed by atoms with Gasteiger partial charge in [-0.2, -0.15) is 4.31 Å². The van der Waals surface area contributed by atoms with Gasteiger partial charge in [-0.15, -0.1) is 0 Å². The first kappa shape index (κ1) is 6.98. The number of ether oxygens (including phenoxy) is 1. The molecule has 0 atom stereocenters. The monoisotopic (exact) mass is 151 g/mol. The highest BCUT2D eigenvalue weighted by Gasteiger charge is 2.10. The van der Waals surface area contributed by atoms with Crippen molar-refractivity contribution in [2.75, 3.05) is 26.3 Å². The van der Waals surface area contributed by atoms with E-state index in [-0.39, 0.29) is 0 Å². The van der Waals surface area contributed by atoms with Crippen molar-refractivity contribution in [3.63, 3.8) is 0 Å². The molecule has 0 saturated carbocycles. The van der Waals surface area contributed by atoms with Crippen LogP contribution in [0.3, 0.4) is 0 Å². The number of hydrogen-bond acceptors (Lipinski definition) is 3. The first-order valence-corrected chi connectivity index (χ1v) is 3.91. The standard InChI is InChI=1S/C4H9NO3S/c6-9(7)5-1-3-8-4-2-5/h9H,1-4H2. The van der Waals surface area contributed by atoms with Gasteiger partial charge >= 0.3 is 0 Å². The van der Waals surface area contributed by atoms with Gasteiger partial charge in [-0.05, 0) is 0 Å². The molecule has 9 heavy (non-hydrogen) atoms. The van der Waals surface area contributed by atoms with Crippen LogP contribution in [0, 0.1) is 0 Å². The average molecular weight is 151 g/mol. The minimum Gasteiger partial charge on any atom is -0.379 e. The van der Waals surface area contributed by atoms with Crippen molar-refractivity contribution in [3.8, 4) is 0 Å². The van der Waals surface area contributed by atoms with E-state index in [0.29, 0.717) is 26.3 Å². The van der Waals surface area contributed by atoms with Crippen molar-refractivity contribution >= 4 is 10.9 Å². The fraction of sp³-hybridized carbons (Fsp3) is 1.00. The van der Waals surface area contributed by atoms with Gasteiger partial charge in [-0.3, -0.25) is 0 Å². The molecule has 0 bridgehead atoms. The number of rotatable bonds is 1. The second-order valence-electron chi connectivity index (χ2n) is 1.80. The van der Waals surface area contributed by atoms with Crippen LogP contribution in [0.25, 0.3) is 0 Å². The molecule has 54 valence electrons. The second kappa shape index (κ2) is 3.14. The molecule has 1 rings (SSSR count). The van der Waals surface area contributed by atoms with E-state index in [1.165, 1.54) is 4.31 Å². The van der Waals surface area contributed by atoms with Crippen molar-refractivity contribution in [3.05, 3.63) is 0 Å². The summed E-state index contributed by atoms with van der Waals surface area (Å²) in [5, 5.41) is 0. The molecule has 1 aliphatic rings. The summed E-state index contributed by atoms with van der Waals surface area (Å²) >= 11 is 0. The summed E-state index contributed by atoms with van der Waals surface area (Å²) in [4.78, 5) is 0. The average Bonchev–Trinajstić information content (AvgIpc) is 1.90. The molecule has 0 radical (unpaired) electrons. The van der Waals surface area contributed by atoms with E-state index >= 15 is 0 Å². The Morgan fingerprint density at radius 2 is 1.78 bits per heavy atom. The molecule has 0 aromatic heterocycles. The Balaban J connectivity index is 2.40. The molecule has 4 nitrogen and oxygen atoms in total. The van der Waals surface area contributed by atoms with Gasteiger partial charge in [0.25, 0.3) is 0 Å². The summed E-state index contributed by atoms with van der Waals surface area (Å²) in [7, 11) is -2.37. The summed E-state index contributed by atoms with van der Waals surface area (Å²) in [5.41, 5.74) is 0. The maximum Gasteiger partial charge on any atom is 0.204 e. The Bertz CT molecular complexity index is 142. The Morgan fingerprint density at radius 3 is 2.11 bits per heavy atom. The van der Waals surface area contributed by atoms with E-state index < -0.39 is 10.9 Å². The molecule has 0 spiro atoms. The van der Waals surface area contributed by atoms with Crippen molar-refractivity contribution in [1.82, 2.24) is 4.31 Å². The predicted molar refractivity (Wildman–Crippen MR) is 32.7 cm³/mol. The summed E-state index contributed by atoms with van der Waals surface area (Å²) in [5.74, 6) is 0. The molecule has 0 amide bonds. The maximum atomic E-state index is 10.3. The Labute approximate surface area is 55.5 Å². The topological polar surface area (TPSA) is 46.6 Å². The van der Waals surface area contributed by atoms with Crippen LogP contribution in [-0.2, 0) is 15.6 Å². The first-order valence-electron chi connectivity index (χ1n) is 2.77. The second-order valence-corrected chi connectivity index (χ2v) is 2.85. The third-order valence-electron chi connectivity index (χ3n) is 1.22. The fourth-order valence-corrected chi connectivity index (χ4v) is 1.21. The van der Waals surface area contributed by atoms with Crippen LogP contribution in [-0.4, -0.2) is 39.0 Å². The van der Waals surface area contributed by atoms with Gasteiger partial charge in [0.15, 0.2) is 0 Å². The summed E-state index contributed by atoms with van der Waals surface area (Å²) < 4.78 is 26.9. The van der Waals surface area contributed by atoms with Crippen LogP contribution in [0.5, 0.6) is 0 Å². The minimum atomic E-state index is -2.37. The van der Waals surface area contributed by atoms with Crippen molar-refractivity contribution < 1.29 is 13.2 Å². The van der Waals surface area contributed by atoms with E-state index in [0.717, 1.165) is 0 Å². The zero-order chi connectivity index (χ0) is 6.69. The largest absolute Gasteiger partial charge is 0.379 e. The third kappa shape index (κ3) is 1.92. The van der Waals surface area contributed by atoms with Gasteiger partial charge in [0, 0.05) is 13.1 Å². The van der Waals surface area contributed by atoms with Crippen LogP contribution >= 0.6 is 0 Å². The smallest absolute Gasteiger partial charge is 0.204 e. The molecule has 0 N–H and O–H groups in total. The summed E-state index contributed by atoms with van der Waals surface area (Å²) in [6.45, 7) is 2.09. The van der Waals surface area contributed by atoms with E-state index in [4.69, 9.17) is 4.74 Å². The Kier molecular flexibility index (Phi) is 2.44. The zero-order valence-corrected chi connectivity index (χ0v) is 5.84. The Morgan fingerprint density at radius 1 is 1.22 bits per heavy atom. The lowest BCUT2D eigenvalue weighted by Gasteiger charge is -2.19. The van der Waals surface area contributed by atoms with Crippen LogP contribution in [0.2, 0.25) is 0 Å². The van der Waals surface area contributed by atoms with E-state index in [2.05, 4.69) is 0 Å². The molecule has 1 aliphatic heterocycles. The minimum absolute atomic E-state index is 0.513. The lowest BCUT2D eigenvalue weighted by atomic mass is 10.5.